The molecule has 3 aromatic rings. The number of rotatable bonds is 6. The van der Waals surface area contributed by atoms with Gasteiger partial charge >= 0.3 is 0 Å². The number of hydrogen-bond acceptors (Lipinski definition) is 3. The number of nitrogens with zero attached hydrogens (tertiary/aromatic N) is 2. The summed E-state index contributed by atoms with van der Waals surface area (Å²) in [4.78, 5) is 24.4. The average molecular weight is 362 g/mol. The Kier molecular flexibility index (Phi) is 5.66. The summed E-state index contributed by atoms with van der Waals surface area (Å²) in [7, 11) is 0. The summed E-state index contributed by atoms with van der Waals surface area (Å²) in [6.07, 6.45) is 0.342. The fourth-order valence-electron chi connectivity index (χ4n) is 2.56. The van der Waals surface area contributed by atoms with E-state index in [9.17, 15) is 9.59 Å². The third-order valence-electron chi connectivity index (χ3n) is 4.11. The van der Waals surface area contributed by atoms with Gasteiger partial charge in [0, 0.05) is 19.0 Å². The molecule has 2 aromatic carbocycles. The lowest BCUT2D eigenvalue weighted by atomic mass is 10.1. The highest BCUT2D eigenvalue weighted by atomic mass is 16.2. The highest BCUT2D eigenvalue weighted by Gasteiger charge is 2.16. The zero-order valence-corrected chi connectivity index (χ0v) is 15.4. The SMILES string of the molecule is CCC(=O)Nc1cc(C(=O)NCc2ccc(C)cc2)nn1-c1ccccc1. The minimum atomic E-state index is -0.294. The predicted octanol–water partition coefficient (Wildman–Crippen LogP) is 3.46. The number of nitrogens with one attached hydrogen (secondary N) is 2. The van der Waals surface area contributed by atoms with E-state index in [2.05, 4.69) is 15.7 Å². The molecular weight excluding hydrogens is 340 g/mol. The van der Waals surface area contributed by atoms with Gasteiger partial charge in [-0.05, 0) is 24.6 Å². The molecule has 3 rings (SSSR count). The maximum absolute atomic E-state index is 12.5. The first-order chi connectivity index (χ1) is 13.1. The number of benzene rings is 2. The standard InChI is InChI=1S/C21H22N4O2/c1-3-20(26)23-19-13-18(24-25(19)17-7-5-4-6-8-17)21(27)22-14-16-11-9-15(2)10-12-16/h4-13H,3,14H2,1-2H3,(H,22,27)(H,23,26). The third kappa shape index (κ3) is 4.61. The maximum Gasteiger partial charge on any atom is 0.272 e. The van der Waals surface area contributed by atoms with Gasteiger partial charge in [0.05, 0.1) is 5.69 Å². The van der Waals surface area contributed by atoms with Gasteiger partial charge in [-0.15, -0.1) is 0 Å². The zero-order valence-electron chi connectivity index (χ0n) is 15.4. The first-order valence-corrected chi connectivity index (χ1v) is 8.86. The van der Waals surface area contributed by atoms with Gasteiger partial charge in [0.2, 0.25) is 5.91 Å². The molecule has 0 aliphatic heterocycles. The van der Waals surface area contributed by atoms with Gasteiger partial charge in [-0.2, -0.15) is 5.10 Å². The molecule has 0 unspecified atom stereocenters. The Morgan fingerprint density at radius 2 is 1.74 bits per heavy atom. The van der Waals surface area contributed by atoms with Gasteiger partial charge in [0.1, 0.15) is 5.82 Å². The first kappa shape index (κ1) is 18.4. The molecule has 27 heavy (non-hydrogen) atoms. The van der Waals surface area contributed by atoms with Crippen LogP contribution in [-0.4, -0.2) is 21.6 Å². The number of anilines is 1. The molecule has 6 nitrogen and oxygen atoms in total. The van der Waals surface area contributed by atoms with Crippen LogP contribution in [0.5, 0.6) is 0 Å². The van der Waals surface area contributed by atoms with Gasteiger partial charge in [-0.1, -0.05) is 55.0 Å². The van der Waals surface area contributed by atoms with Crippen molar-refractivity contribution < 1.29 is 9.59 Å². The van der Waals surface area contributed by atoms with Crippen molar-refractivity contribution in [2.24, 2.45) is 0 Å². The van der Waals surface area contributed by atoms with Crippen LogP contribution in [0.1, 0.15) is 35.0 Å². The number of carbonyl (C=O) groups is 2. The molecule has 1 heterocycles. The third-order valence-corrected chi connectivity index (χ3v) is 4.11. The Balaban J connectivity index is 1.81. The fourth-order valence-corrected chi connectivity index (χ4v) is 2.56. The van der Waals surface area contributed by atoms with Crippen LogP contribution in [0.3, 0.4) is 0 Å². The van der Waals surface area contributed by atoms with Gasteiger partial charge < -0.3 is 10.6 Å². The second kappa shape index (κ2) is 8.31. The lowest BCUT2D eigenvalue weighted by Crippen LogP contribution is -2.23. The number of aromatic nitrogens is 2. The van der Waals surface area contributed by atoms with Crippen LogP contribution in [0.15, 0.2) is 60.7 Å². The Morgan fingerprint density at radius 3 is 2.41 bits per heavy atom. The van der Waals surface area contributed by atoms with Crippen LogP contribution < -0.4 is 10.6 Å². The molecule has 0 aliphatic carbocycles. The molecule has 0 bridgehead atoms. The number of para-hydroxylation sites is 1. The van der Waals surface area contributed by atoms with Gasteiger partial charge in [-0.3, -0.25) is 9.59 Å². The summed E-state index contributed by atoms with van der Waals surface area (Å²) in [5.41, 5.74) is 3.19. The summed E-state index contributed by atoms with van der Waals surface area (Å²) in [5, 5.41) is 10.0. The van der Waals surface area contributed by atoms with E-state index in [4.69, 9.17) is 0 Å². The molecule has 0 radical (unpaired) electrons. The van der Waals surface area contributed by atoms with E-state index in [1.807, 2.05) is 61.5 Å². The molecule has 0 aliphatic rings. The number of aryl methyl sites for hydroxylation is 1. The number of hydrogen-bond donors (Lipinski definition) is 2. The van der Waals surface area contributed by atoms with Crippen LogP contribution in [0.4, 0.5) is 5.82 Å². The van der Waals surface area contributed by atoms with Crippen LogP contribution >= 0.6 is 0 Å². The molecule has 138 valence electrons. The second-order valence-corrected chi connectivity index (χ2v) is 6.23. The van der Waals surface area contributed by atoms with Gasteiger partial charge in [0.25, 0.3) is 5.91 Å². The summed E-state index contributed by atoms with van der Waals surface area (Å²) < 4.78 is 1.56. The van der Waals surface area contributed by atoms with Crippen molar-refractivity contribution in [1.29, 1.82) is 0 Å². The largest absolute Gasteiger partial charge is 0.347 e. The summed E-state index contributed by atoms with van der Waals surface area (Å²) in [6.45, 7) is 4.20. The van der Waals surface area contributed by atoms with E-state index in [1.54, 1.807) is 17.7 Å². The van der Waals surface area contributed by atoms with Crippen molar-refractivity contribution in [2.75, 3.05) is 5.32 Å². The second-order valence-electron chi connectivity index (χ2n) is 6.23. The van der Waals surface area contributed by atoms with Crippen LogP contribution in [0, 0.1) is 6.92 Å². The van der Waals surface area contributed by atoms with E-state index in [0.717, 1.165) is 11.3 Å². The summed E-state index contributed by atoms with van der Waals surface area (Å²) in [6, 6.07) is 18.9. The Morgan fingerprint density at radius 1 is 1.04 bits per heavy atom. The van der Waals surface area contributed by atoms with Crippen LogP contribution in [-0.2, 0) is 11.3 Å². The maximum atomic E-state index is 12.5. The Bertz CT molecular complexity index is 931. The molecule has 0 fully saturated rings. The van der Waals surface area contributed by atoms with Crippen LogP contribution in [0.2, 0.25) is 0 Å². The van der Waals surface area contributed by atoms with E-state index in [-0.39, 0.29) is 17.5 Å². The summed E-state index contributed by atoms with van der Waals surface area (Å²) >= 11 is 0. The van der Waals surface area contributed by atoms with E-state index in [1.165, 1.54) is 5.56 Å². The van der Waals surface area contributed by atoms with E-state index < -0.39 is 0 Å². The highest BCUT2D eigenvalue weighted by Crippen LogP contribution is 2.18. The molecule has 1 aromatic heterocycles. The van der Waals surface area contributed by atoms with E-state index >= 15 is 0 Å². The summed E-state index contributed by atoms with van der Waals surface area (Å²) in [5.74, 6) is 0.0319. The Hall–Kier alpha value is -3.41. The molecular formula is C21H22N4O2. The fraction of sp³-hybridized carbons (Fsp3) is 0.190. The normalized spacial score (nSPS) is 10.4. The van der Waals surface area contributed by atoms with Crippen molar-refractivity contribution in [2.45, 2.75) is 26.8 Å². The molecule has 0 atom stereocenters. The molecule has 0 spiro atoms. The molecule has 2 N–H and O–H groups in total. The van der Waals surface area contributed by atoms with Crippen molar-refractivity contribution >= 4 is 17.6 Å². The highest BCUT2D eigenvalue weighted by molar-refractivity contribution is 5.95. The minimum absolute atomic E-state index is 0.140. The average Bonchev–Trinajstić information content (AvgIpc) is 3.11. The monoisotopic (exact) mass is 362 g/mol. The smallest absolute Gasteiger partial charge is 0.272 e. The van der Waals surface area contributed by atoms with Crippen molar-refractivity contribution in [3.63, 3.8) is 0 Å². The van der Waals surface area contributed by atoms with Crippen molar-refractivity contribution in [1.82, 2.24) is 15.1 Å². The van der Waals surface area contributed by atoms with Crippen LogP contribution in [0.25, 0.3) is 5.69 Å². The van der Waals surface area contributed by atoms with Gasteiger partial charge in [0.15, 0.2) is 5.69 Å². The molecule has 2 amide bonds. The lowest BCUT2D eigenvalue weighted by Gasteiger charge is -2.07. The number of carbonyl (C=O) groups excluding carboxylic acids is 2. The van der Waals surface area contributed by atoms with E-state index in [0.29, 0.717) is 18.8 Å². The molecule has 0 saturated carbocycles. The minimum Gasteiger partial charge on any atom is -0.347 e. The Labute approximate surface area is 158 Å². The quantitative estimate of drug-likeness (QED) is 0.705. The first-order valence-electron chi connectivity index (χ1n) is 8.86. The lowest BCUT2D eigenvalue weighted by molar-refractivity contribution is -0.115. The molecule has 6 heteroatoms. The molecule has 0 saturated heterocycles. The van der Waals surface area contributed by atoms with Crippen molar-refractivity contribution in [3.8, 4) is 5.69 Å². The zero-order chi connectivity index (χ0) is 19.2. The predicted molar refractivity (Wildman–Crippen MR) is 105 cm³/mol. The topological polar surface area (TPSA) is 76.0 Å². The van der Waals surface area contributed by atoms with Gasteiger partial charge in [-0.25, -0.2) is 4.68 Å². The van der Waals surface area contributed by atoms with Crippen molar-refractivity contribution in [3.05, 3.63) is 77.5 Å². The number of amides is 2.